The number of aliphatic carboxylic acids is 1. The first-order chi connectivity index (χ1) is 8.63. The van der Waals surface area contributed by atoms with Crippen LogP contribution in [0.1, 0.15) is 25.3 Å². The third kappa shape index (κ3) is 1.86. The summed E-state index contributed by atoms with van der Waals surface area (Å²) >= 11 is 0. The van der Waals surface area contributed by atoms with Gasteiger partial charge in [-0.2, -0.15) is 0 Å². The van der Waals surface area contributed by atoms with Gasteiger partial charge in [0.05, 0.1) is 6.61 Å². The van der Waals surface area contributed by atoms with Crippen LogP contribution >= 0.6 is 0 Å². The molecule has 0 saturated carbocycles. The molecular weight excluding hydrogens is 230 g/mol. The van der Waals surface area contributed by atoms with Crippen molar-refractivity contribution in [3.63, 3.8) is 0 Å². The van der Waals surface area contributed by atoms with Crippen LogP contribution in [0.2, 0.25) is 0 Å². The van der Waals surface area contributed by atoms with Gasteiger partial charge in [-0.05, 0) is 26.1 Å². The van der Waals surface area contributed by atoms with Crippen LogP contribution in [0.25, 0.3) is 0 Å². The molecule has 1 aromatic rings. The minimum absolute atomic E-state index is 0.442. The third-order valence-electron chi connectivity index (χ3n) is 3.62. The predicted molar refractivity (Wildman–Crippen MR) is 68.8 cm³/mol. The number of nitrogens with zero attached hydrogens (tertiary/aromatic N) is 1. The second kappa shape index (κ2) is 4.98. The first-order valence-electron chi connectivity index (χ1n) is 6.30. The first-order valence-corrected chi connectivity index (χ1v) is 6.30. The monoisotopic (exact) mass is 249 g/mol. The molecule has 1 heterocycles. The summed E-state index contributed by atoms with van der Waals surface area (Å²) in [5.74, 6) is -0.108. The van der Waals surface area contributed by atoms with E-state index in [1.807, 2.05) is 36.2 Å². The van der Waals surface area contributed by atoms with Crippen molar-refractivity contribution in [2.75, 3.05) is 20.2 Å². The van der Waals surface area contributed by atoms with Gasteiger partial charge in [-0.15, -0.1) is 0 Å². The van der Waals surface area contributed by atoms with E-state index < -0.39 is 11.5 Å². The van der Waals surface area contributed by atoms with Gasteiger partial charge in [-0.1, -0.05) is 25.1 Å². The zero-order valence-electron chi connectivity index (χ0n) is 10.8. The van der Waals surface area contributed by atoms with Crippen LogP contribution in [0.15, 0.2) is 24.3 Å². The number of benzene rings is 1. The lowest BCUT2D eigenvalue weighted by Crippen LogP contribution is -2.53. The highest BCUT2D eigenvalue weighted by Gasteiger charge is 2.47. The molecule has 0 fully saturated rings. The van der Waals surface area contributed by atoms with Gasteiger partial charge in [-0.25, -0.2) is 4.79 Å². The molecule has 2 rings (SSSR count). The van der Waals surface area contributed by atoms with Gasteiger partial charge in [0.2, 0.25) is 0 Å². The molecule has 4 nitrogen and oxygen atoms in total. The molecule has 0 radical (unpaired) electrons. The van der Waals surface area contributed by atoms with Gasteiger partial charge in [0.15, 0.2) is 5.54 Å². The van der Waals surface area contributed by atoms with Gasteiger partial charge in [-0.3, -0.25) is 4.90 Å². The quantitative estimate of drug-likeness (QED) is 0.887. The number of likely N-dealkylation sites (N-methyl/N-ethyl adjacent to an activating group) is 1. The number of carbonyl (C=O) groups is 1. The van der Waals surface area contributed by atoms with Crippen LogP contribution in [-0.2, 0) is 10.3 Å². The summed E-state index contributed by atoms with van der Waals surface area (Å²) in [5.41, 5.74) is -0.190. The molecule has 4 heteroatoms. The van der Waals surface area contributed by atoms with Crippen molar-refractivity contribution in [2.45, 2.75) is 25.3 Å². The first kappa shape index (κ1) is 12.9. The van der Waals surface area contributed by atoms with Crippen molar-refractivity contribution in [2.24, 2.45) is 0 Å². The average Bonchev–Trinajstić information content (AvgIpc) is 2.37. The maximum Gasteiger partial charge on any atom is 0.329 e. The zero-order chi connectivity index (χ0) is 13.2. The fourth-order valence-corrected chi connectivity index (χ4v) is 2.69. The molecule has 0 spiro atoms. The van der Waals surface area contributed by atoms with Crippen molar-refractivity contribution in [3.8, 4) is 5.75 Å². The van der Waals surface area contributed by atoms with Gasteiger partial charge in [0, 0.05) is 12.0 Å². The summed E-state index contributed by atoms with van der Waals surface area (Å²) in [4.78, 5) is 13.8. The van der Waals surface area contributed by atoms with E-state index in [0.717, 1.165) is 18.5 Å². The lowest BCUT2D eigenvalue weighted by molar-refractivity contribution is -0.154. The summed E-state index contributed by atoms with van der Waals surface area (Å²) in [5, 5.41) is 9.74. The Bertz CT molecular complexity index is 446. The molecule has 1 N–H and O–H groups in total. The fraction of sp³-hybridized carbons (Fsp3) is 0.500. The molecule has 98 valence electrons. The molecule has 1 aliphatic heterocycles. The topological polar surface area (TPSA) is 49.8 Å². The number of carboxylic acids is 1. The van der Waals surface area contributed by atoms with E-state index in [9.17, 15) is 9.90 Å². The largest absolute Gasteiger partial charge is 0.493 e. The Balaban J connectivity index is 2.52. The van der Waals surface area contributed by atoms with E-state index in [-0.39, 0.29) is 0 Å². The van der Waals surface area contributed by atoms with Gasteiger partial charge >= 0.3 is 5.97 Å². The molecule has 1 aliphatic rings. The smallest absolute Gasteiger partial charge is 0.329 e. The fourth-order valence-electron chi connectivity index (χ4n) is 2.69. The summed E-state index contributed by atoms with van der Waals surface area (Å²) in [6.45, 7) is 3.25. The van der Waals surface area contributed by atoms with Crippen LogP contribution in [0.3, 0.4) is 0 Å². The molecule has 0 amide bonds. The second-order valence-electron chi connectivity index (χ2n) is 4.68. The molecular formula is C14H19NO3. The Kier molecular flexibility index (Phi) is 3.57. The zero-order valence-corrected chi connectivity index (χ0v) is 10.8. The average molecular weight is 249 g/mol. The van der Waals surface area contributed by atoms with Crippen LogP contribution in [0.4, 0.5) is 0 Å². The number of ether oxygens (including phenoxy) is 1. The molecule has 0 bridgehead atoms. The summed E-state index contributed by atoms with van der Waals surface area (Å²) in [7, 11) is 1.87. The highest BCUT2D eigenvalue weighted by atomic mass is 16.5. The Labute approximate surface area is 107 Å². The standard InChI is InChI=1S/C14H19NO3/c1-3-9-15(2)14(13(16)17)8-10-18-12-7-5-4-6-11(12)14/h4-7H,3,8-10H2,1-2H3,(H,16,17). The van der Waals surface area contributed by atoms with Gasteiger partial charge < -0.3 is 9.84 Å². The van der Waals surface area contributed by atoms with Crippen LogP contribution in [0, 0.1) is 0 Å². The number of fused-ring (bicyclic) bond motifs is 1. The Morgan fingerprint density at radius 1 is 1.50 bits per heavy atom. The molecule has 18 heavy (non-hydrogen) atoms. The Morgan fingerprint density at radius 3 is 2.89 bits per heavy atom. The third-order valence-corrected chi connectivity index (χ3v) is 3.62. The second-order valence-corrected chi connectivity index (χ2v) is 4.68. The molecule has 1 aromatic carbocycles. The van der Waals surface area contributed by atoms with Crippen LogP contribution in [0.5, 0.6) is 5.75 Å². The van der Waals surface area contributed by atoms with Crippen molar-refractivity contribution in [1.29, 1.82) is 0 Å². The van der Waals surface area contributed by atoms with E-state index in [0.29, 0.717) is 18.8 Å². The number of carboxylic acid groups (broad SMARTS) is 1. The van der Waals surface area contributed by atoms with Crippen molar-refractivity contribution < 1.29 is 14.6 Å². The highest BCUT2D eigenvalue weighted by molar-refractivity contribution is 5.82. The minimum Gasteiger partial charge on any atom is -0.493 e. The van der Waals surface area contributed by atoms with Crippen molar-refractivity contribution in [1.82, 2.24) is 4.90 Å². The predicted octanol–water partition coefficient (Wildman–Crippen LogP) is 2.09. The van der Waals surface area contributed by atoms with Crippen LogP contribution in [-0.4, -0.2) is 36.2 Å². The minimum atomic E-state index is -0.954. The van der Waals surface area contributed by atoms with Gasteiger partial charge in [0.1, 0.15) is 5.75 Å². The molecule has 0 aromatic heterocycles. The van der Waals surface area contributed by atoms with Gasteiger partial charge in [0.25, 0.3) is 0 Å². The summed E-state index contributed by atoms with van der Waals surface area (Å²) < 4.78 is 5.57. The SMILES string of the molecule is CCCN(C)C1(C(=O)O)CCOc2ccccc21. The molecule has 1 atom stereocenters. The molecule has 0 saturated heterocycles. The maximum atomic E-state index is 11.9. The van der Waals surface area contributed by atoms with E-state index in [1.54, 1.807) is 0 Å². The Hall–Kier alpha value is -1.55. The Morgan fingerprint density at radius 2 is 2.22 bits per heavy atom. The summed E-state index contributed by atoms with van der Waals surface area (Å²) in [6, 6.07) is 7.43. The highest BCUT2D eigenvalue weighted by Crippen LogP contribution is 2.41. The lowest BCUT2D eigenvalue weighted by atomic mass is 9.83. The number of hydrogen-bond acceptors (Lipinski definition) is 3. The normalized spacial score (nSPS) is 22.4. The van der Waals surface area contributed by atoms with E-state index in [1.165, 1.54) is 0 Å². The van der Waals surface area contributed by atoms with E-state index in [2.05, 4.69) is 6.92 Å². The molecule has 0 aliphatic carbocycles. The van der Waals surface area contributed by atoms with Crippen LogP contribution < -0.4 is 4.74 Å². The lowest BCUT2D eigenvalue weighted by Gasteiger charge is -2.42. The number of rotatable bonds is 4. The maximum absolute atomic E-state index is 11.9. The van der Waals surface area contributed by atoms with E-state index >= 15 is 0 Å². The van der Waals surface area contributed by atoms with Crippen molar-refractivity contribution in [3.05, 3.63) is 29.8 Å². The summed E-state index contributed by atoms with van der Waals surface area (Å²) in [6.07, 6.45) is 1.41. The number of hydrogen-bond donors (Lipinski definition) is 1. The number of para-hydroxylation sites is 1. The van der Waals surface area contributed by atoms with E-state index in [4.69, 9.17) is 4.74 Å². The molecule has 1 unspecified atom stereocenters. The van der Waals surface area contributed by atoms with Crippen molar-refractivity contribution >= 4 is 5.97 Å².